The average Bonchev–Trinajstić information content (AvgIpc) is 3.36. The number of thiazole rings is 1. The topological polar surface area (TPSA) is 79.4 Å². The van der Waals surface area contributed by atoms with Crippen molar-refractivity contribution in [1.29, 1.82) is 0 Å². The van der Waals surface area contributed by atoms with Crippen LogP contribution < -0.4 is 9.62 Å². The van der Waals surface area contributed by atoms with Gasteiger partial charge in [0.25, 0.3) is 10.0 Å². The smallest absolute Gasteiger partial charge is 0.265 e. The lowest BCUT2D eigenvalue weighted by Crippen LogP contribution is -2.35. The normalized spacial score (nSPS) is 13.9. The van der Waals surface area contributed by atoms with Crippen LogP contribution in [0.15, 0.2) is 52.7 Å². The molecule has 3 heterocycles. The first-order valence-electron chi connectivity index (χ1n) is 10.2. The zero-order valence-electron chi connectivity index (χ0n) is 17.6. The molecule has 1 aliphatic heterocycles. The molecule has 1 N–H and O–H groups in total. The van der Waals surface area contributed by atoms with Crippen LogP contribution in [0.1, 0.15) is 24.6 Å². The highest BCUT2D eigenvalue weighted by Gasteiger charge is 2.31. The molecule has 32 heavy (non-hydrogen) atoms. The molecule has 2 aromatic carbocycles. The summed E-state index contributed by atoms with van der Waals surface area (Å²) in [6.45, 7) is 3.83. The van der Waals surface area contributed by atoms with Gasteiger partial charge in [-0.1, -0.05) is 35.6 Å². The molecule has 2 aromatic heterocycles. The summed E-state index contributed by atoms with van der Waals surface area (Å²) in [5.74, 6) is -0.155. The summed E-state index contributed by atoms with van der Waals surface area (Å²) in [6, 6.07) is 13.5. The van der Waals surface area contributed by atoms with E-state index in [1.807, 2.05) is 43.3 Å². The van der Waals surface area contributed by atoms with E-state index < -0.39 is 10.0 Å². The van der Waals surface area contributed by atoms with Gasteiger partial charge in [0.15, 0.2) is 5.13 Å². The average molecular weight is 484 g/mol. The maximum atomic E-state index is 13.6. The molecular weight excluding hydrogens is 462 g/mol. The quantitative estimate of drug-likeness (QED) is 0.420. The number of anilines is 2. The van der Waals surface area contributed by atoms with Crippen molar-refractivity contribution >= 4 is 59.5 Å². The van der Waals surface area contributed by atoms with Crippen LogP contribution in [0.5, 0.6) is 0 Å². The second-order valence-corrected chi connectivity index (χ2v) is 11.5. The van der Waals surface area contributed by atoms with Crippen molar-refractivity contribution in [3.05, 3.63) is 59.1 Å². The Balaban J connectivity index is 1.54. The monoisotopic (exact) mass is 483 g/mol. The van der Waals surface area contributed by atoms with Crippen LogP contribution in [0.25, 0.3) is 20.5 Å². The van der Waals surface area contributed by atoms with E-state index in [0.717, 1.165) is 50.3 Å². The Morgan fingerprint density at radius 3 is 2.81 bits per heavy atom. The van der Waals surface area contributed by atoms with Crippen molar-refractivity contribution in [3.8, 4) is 10.4 Å². The lowest BCUT2D eigenvalue weighted by atomic mass is 10.00. The van der Waals surface area contributed by atoms with Gasteiger partial charge in [-0.05, 0) is 49.1 Å². The van der Waals surface area contributed by atoms with E-state index in [1.165, 1.54) is 29.6 Å². The van der Waals surface area contributed by atoms with Crippen LogP contribution in [0.2, 0.25) is 0 Å². The number of rotatable bonds is 4. The fraction of sp³-hybridized carbons (Fsp3) is 0.217. The van der Waals surface area contributed by atoms with Crippen LogP contribution in [0, 0.1) is 6.92 Å². The summed E-state index contributed by atoms with van der Waals surface area (Å²) in [5.41, 5.74) is 3.56. The lowest BCUT2D eigenvalue weighted by molar-refractivity contribution is -0.114. The van der Waals surface area contributed by atoms with Gasteiger partial charge in [-0.25, -0.2) is 13.4 Å². The third-order valence-electron chi connectivity index (χ3n) is 5.51. The molecule has 0 radical (unpaired) electrons. The minimum Gasteiger partial charge on any atom is -0.302 e. The number of thiophene rings is 1. The lowest BCUT2D eigenvalue weighted by Gasteiger charge is -2.30. The molecular formula is C23H21N3O3S3. The summed E-state index contributed by atoms with van der Waals surface area (Å²) in [6.07, 6.45) is 1.58. The van der Waals surface area contributed by atoms with Gasteiger partial charge in [-0.15, -0.1) is 11.3 Å². The van der Waals surface area contributed by atoms with Gasteiger partial charge in [0.05, 0.1) is 16.3 Å². The van der Waals surface area contributed by atoms with Crippen LogP contribution in [0.3, 0.4) is 0 Å². The number of hydrogen-bond acceptors (Lipinski definition) is 6. The van der Waals surface area contributed by atoms with Gasteiger partial charge in [-0.3, -0.25) is 9.10 Å². The number of nitrogens with one attached hydrogen (secondary N) is 1. The molecule has 0 bridgehead atoms. The van der Waals surface area contributed by atoms with Crippen molar-refractivity contribution in [2.75, 3.05) is 16.2 Å². The molecule has 0 saturated carbocycles. The fourth-order valence-electron chi connectivity index (χ4n) is 4.09. The van der Waals surface area contributed by atoms with Crippen LogP contribution >= 0.6 is 22.7 Å². The molecule has 164 valence electrons. The SMILES string of the molecule is CC(=O)Nc1nc(C)c(-c2ccc3c(c2)CCCN3S(=O)(=O)c2csc3ccccc23)s1. The first-order valence-corrected chi connectivity index (χ1v) is 13.4. The number of aromatic nitrogens is 1. The second-order valence-electron chi connectivity index (χ2n) is 7.74. The molecule has 1 amide bonds. The van der Waals surface area contributed by atoms with Gasteiger partial charge < -0.3 is 5.32 Å². The molecule has 0 aliphatic carbocycles. The molecule has 5 rings (SSSR count). The van der Waals surface area contributed by atoms with Gasteiger partial charge in [0, 0.05) is 28.9 Å². The molecule has 1 aliphatic rings. The summed E-state index contributed by atoms with van der Waals surface area (Å²) in [4.78, 5) is 17.1. The summed E-state index contributed by atoms with van der Waals surface area (Å²) >= 11 is 2.88. The zero-order valence-corrected chi connectivity index (χ0v) is 20.0. The molecule has 0 atom stereocenters. The molecule has 4 aromatic rings. The first-order chi connectivity index (χ1) is 15.3. The highest BCUT2D eigenvalue weighted by molar-refractivity contribution is 7.93. The highest BCUT2D eigenvalue weighted by Crippen LogP contribution is 2.40. The van der Waals surface area contributed by atoms with Crippen LogP contribution in [-0.4, -0.2) is 25.9 Å². The van der Waals surface area contributed by atoms with Gasteiger partial charge >= 0.3 is 0 Å². The number of sulfonamides is 1. The maximum Gasteiger partial charge on any atom is 0.265 e. The molecule has 6 nitrogen and oxygen atoms in total. The van der Waals surface area contributed by atoms with Gasteiger partial charge in [-0.2, -0.15) is 0 Å². The van der Waals surface area contributed by atoms with E-state index >= 15 is 0 Å². The zero-order chi connectivity index (χ0) is 22.5. The fourth-order valence-corrected chi connectivity index (χ4v) is 8.12. The number of nitrogens with zero attached hydrogens (tertiary/aromatic N) is 2. The van der Waals surface area contributed by atoms with Crippen molar-refractivity contribution in [1.82, 2.24) is 4.98 Å². The number of carbonyl (C=O) groups excluding carboxylic acids is 1. The van der Waals surface area contributed by atoms with Crippen molar-refractivity contribution in [3.63, 3.8) is 0 Å². The Morgan fingerprint density at radius 1 is 1.19 bits per heavy atom. The first kappa shape index (κ1) is 21.1. The molecule has 0 spiro atoms. The second kappa shape index (κ2) is 7.99. The number of amides is 1. The maximum absolute atomic E-state index is 13.6. The molecule has 9 heteroatoms. The summed E-state index contributed by atoms with van der Waals surface area (Å²) < 4.78 is 29.8. The van der Waals surface area contributed by atoms with E-state index in [0.29, 0.717) is 16.6 Å². The van der Waals surface area contributed by atoms with E-state index in [-0.39, 0.29) is 5.91 Å². The Kier molecular flexibility index (Phi) is 5.27. The third-order valence-corrected chi connectivity index (χ3v) is 9.60. The minimum absolute atomic E-state index is 0.155. The molecule has 0 saturated heterocycles. The predicted molar refractivity (Wildman–Crippen MR) is 131 cm³/mol. The Hall–Kier alpha value is -2.75. The Morgan fingerprint density at radius 2 is 2.00 bits per heavy atom. The predicted octanol–water partition coefficient (Wildman–Crippen LogP) is 5.43. The molecule has 0 unspecified atom stereocenters. The van der Waals surface area contributed by atoms with E-state index in [9.17, 15) is 13.2 Å². The Labute approximate surface area is 194 Å². The Bertz CT molecular complexity index is 1450. The number of benzene rings is 2. The van der Waals surface area contributed by atoms with Gasteiger partial charge in [0.2, 0.25) is 5.91 Å². The summed E-state index contributed by atoms with van der Waals surface area (Å²) in [7, 11) is -3.67. The van der Waals surface area contributed by atoms with Gasteiger partial charge in [0.1, 0.15) is 4.90 Å². The van der Waals surface area contributed by atoms with E-state index in [2.05, 4.69) is 16.4 Å². The van der Waals surface area contributed by atoms with E-state index in [1.54, 1.807) is 9.69 Å². The molecule has 0 fully saturated rings. The van der Waals surface area contributed by atoms with E-state index in [4.69, 9.17) is 0 Å². The van der Waals surface area contributed by atoms with Crippen LogP contribution in [0.4, 0.5) is 10.8 Å². The third kappa shape index (κ3) is 3.60. The van der Waals surface area contributed by atoms with Crippen molar-refractivity contribution < 1.29 is 13.2 Å². The number of carbonyl (C=O) groups is 1. The number of hydrogen-bond donors (Lipinski definition) is 1. The standard InChI is InChI=1S/C23H21N3O3S3/c1-14-22(31-23(24-14)25-15(2)27)17-9-10-19-16(12-17)6-5-11-26(19)32(28,29)21-13-30-20-8-4-3-7-18(20)21/h3-4,7-10,12-13H,5-6,11H2,1-2H3,(H,24,25,27). The largest absolute Gasteiger partial charge is 0.302 e. The highest BCUT2D eigenvalue weighted by atomic mass is 32.2. The number of fused-ring (bicyclic) bond motifs is 2. The van der Waals surface area contributed by atoms with Crippen molar-refractivity contribution in [2.24, 2.45) is 0 Å². The number of aryl methyl sites for hydroxylation is 2. The van der Waals surface area contributed by atoms with Crippen LogP contribution in [-0.2, 0) is 21.2 Å². The minimum atomic E-state index is -3.67. The van der Waals surface area contributed by atoms with Crippen molar-refractivity contribution in [2.45, 2.75) is 31.6 Å². The summed E-state index contributed by atoms with van der Waals surface area (Å²) in [5, 5.41) is 5.82.